The Bertz CT molecular complexity index is 1100. The number of imidazole rings is 1. The first kappa shape index (κ1) is 17.8. The summed E-state index contributed by atoms with van der Waals surface area (Å²) in [6.45, 7) is 0. The van der Waals surface area contributed by atoms with E-state index in [1.54, 1.807) is 18.5 Å². The summed E-state index contributed by atoms with van der Waals surface area (Å²) in [6.07, 6.45) is 5.65. The number of nitrogens with one attached hydrogen (secondary N) is 2. The van der Waals surface area contributed by atoms with Crippen molar-refractivity contribution in [1.82, 2.24) is 15.3 Å². The van der Waals surface area contributed by atoms with E-state index < -0.39 is 17.7 Å². The molecule has 6 nitrogen and oxygen atoms in total. The standard InChI is InChI=1S/C21H19F2N5O/c22-13-7-12(8-14(23)9-13)19-20(26-15-3-1-2-4-15)27-21(29)28(19)16-5-6-17-18(10-16)25-11-24-17/h5-11,15,19H,1-4H2,(H,24,25)(H,26,27,29). The van der Waals surface area contributed by atoms with Crippen LogP contribution in [0.1, 0.15) is 37.3 Å². The predicted molar refractivity (Wildman–Crippen MR) is 106 cm³/mol. The molecule has 1 unspecified atom stereocenters. The third kappa shape index (κ3) is 3.24. The lowest BCUT2D eigenvalue weighted by molar-refractivity contribution is 0.252. The highest BCUT2D eigenvalue weighted by Gasteiger charge is 2.40. The van der Waals surface area contributed by atoms with Crippen molar-refractivity contribution in [3.63, 3.8) is 0 Å². The Morgan fingerprint density at radius 2 is 1.83 bits per heavy atom. The zero-order chi connectivity index (χ0) is 20.0. The van der Waals surface area contributed by atoms with Crippen LogP contribution >= 0.6 is 0 Å². The molecule has 0 spiro atoms. The van der Waals surface area contributed by atoms with Gasteiger partial charge in [0.1, 0.15) is 23.5 Å². The number of amidine groups is 1. The second-order valence-electron chi connectivity index (χ2n) is 7.46. The van der Waals surface area contributed by atoms with Crippen LogP contribution in [0.2, 0.25) is 0 Å². The van der Waals surface area contributed by atoms with Crippen molar-refractivity contribution >= 4 is 28.6 Å². The first-order valence-electron chi connectivity index (χ1n) is 9.65. The molecule has 1 aromatic heterocycles. The average molecular weight is 395 g/mol. The Morgan fingerprint density at radius 1 is 1.07 bits per heavy atom. The lowest BCUT2D eigenvalue weighted by Crippen LogP contribution is -2.29. The van der Waals surface area contributed by atoms with Gasteiger partial charge in [-0.3, -0.25) is 15.2 Å². The Labute approximate surface area is 165 Å². The summed E-state index contributed by atoms with van der Waals surface area (Å²) in [5.74, 6) is -0.960. The molecule has 2 amide bonds. The van der Waals surface area contributed by atoms with E-state index in [0.29, 0.717) is 22.6 Å². The SMILES string of the molecule is O=C1N/C(=N/C2CCCC2)C(c2cc(F)cc(F)c2)N1c1ccc2[nH]cnc2c1. The maximum atomic E-state index is 14.0. The zero-order valence-electron chi connectivity index (χ0n) is 15.5. The van der Waals surface area contributed by atoms with Crippen LogP contribution in [0.4, 0.5) is 19.3 Å². The van der Waals surface area contributed by atoms with Gasteiger partial charge in [-0.25, -0.2) is 18.6 Å². The number of H-pyrrole nitrogens is 1. The second kappa shape index (κ2) is 6.95. The number of carbonyl (C=O) groups is 1. The van der Waals surface area contributed by atoms with Gasteiger partial charge in [0.2, 0.25) is 0 Å². The van der Waals surface area contributed by atoms with E-state index in [1.165, 1.54) is 17.0 Å². The van der Waals surface area contributed by atoms with Crippen LogP contribution in [0.3, 0.4) is 0 Å². The molecule has 1 saturated heterocycles. The van der Waals surface area contributed by atoms with E-state index in [4.69, 9.17) is 4.99 Å². The summed E-state index contributed by atoms with van der Waals surface area (Å²) in [5, 5.41) is 2.82. The number of carbonyl (C=O) groups excluding carboxylic acids is 1. The van der Waals surface area contributed by atoms with Crippen LogP contribution in [0.5, 0.6) is 0 Å². The predicted octanol–water partition coefficient (Wildman–Crippen LogP) is 4.45. The number of anilines is 1. The summed E-state index contributed by atoms with van der Waals surface area (Å²) in [6, 6.07) is 7.68. The molecule has 2 heterocycles. The molecule has 0 bridgehead atoms. The zero-order valence-corrected chi connectivity index (χ0v) is 15.5. The monoisotopic (exact) mass is 395 g/mol. The summed E-state index contributed by atoms with van der Waals surface area (Å²) < 4.78 is 28.0. The van der Waals surface area contributed by atoms with Crippen LogP contribution in [0.25, 0.3) is 11.0 Å². The Kier molecular flexibility index (Phi) is 4.26. The third-order valence-electron chi connectivity index (χ3n) is 5.50. The molecular weight excluding hydrogens is 376 g/mol. The number of aromatic amines is 1. The number of urea groups is 1. The maximum Gasteiger partial charge on any atom is 0.328 e. The van der Waals surface area contributed by atoms with E-state index in [2.05, 4.69) is 15.3 Å². The van der Waals surface area contributed by atoms with E-state index in [-0.39, 0.29) is 12.1 Å². The summed E-state index contributed by atoms with van der Waals surface area (Å²) >= 11 is 0. The molecular formula is C21H19F2N5O. The highest BCUT2D eigenvalue weighted by atomic mass is 19.1. The second-order valence-corrected chi connectivity index (χ2v) is 7.46. The first-order valence-corrected chi connectivity index (χ1v) is 9.65. The molecule has 2 aromatic carbocycles. The summed E-state index contributed by atoms with van der Waals surface area (Å²) in [5.41, 5.74) is 2.44. The number of fused-ring (bicyclic) bond motifs is 1. The summed E-state index contributed by atoms with van der Waals surface area (Å²) in [4.78, 5) is 26.4. The van der Waals surface area contributed by atoms with E-state index >= 15 is 0 Å². The number of hydrogen-bond donors (Lipinski definition) is 2. The van der Waals surface area contributed by atoms with Crippen molar-refractivity contribution in [3.05, 3.63) is 59.9 Å². The molecule has 2 aliphatic rings. The van der Waals surface area contributed by atoms with Crippen molar-refractivity contribution in [2.75, 3.05) is 4.90 Å². The van der Waals surface area contributed by atoms with E-state index in [0.717, 1.165) is 37.3 Å². The van der Waals surface area contributed by atoms with Crippen molar-refractivity contribution in [3.8, 4) is 0 Å². The Morgan fingerprint density at radius 3 is 2.59 bits per heavy atom. The van der Waals surface area contributed by atoms with Gasteiger partial charge in [-0.15, -0.1) is 0 Å². The molecule has 2 N–H and O–H groups in total. The Balaban J connectivity index is 1.63. The largest absolute Gasteiger partial charge is 0.345 e. The molecule has 0 radical (unpaired) electrons. The quantitative estimate of drug-likeness (QED) is 0.688. The number of benzene rings is 2. The van der Waals surface area contributed by atoms with Crippen LogP contribution in [-0.2, 0) is 0 Å². The highest BCUT2D eigenvalue weighted by molar-refractivity contribution is 6.17. The van der Waals surface area contributed by atoms with Gasteiger partial charge >= 0.3 is 6.03 Å². The molecule has 2 fully saturated rings. The Hall–Kier alpha value is -3.29. The number of aliphatic imine (C=N–C) groups is 1. The lowest BCUT2D eigenvalue weighted by atomic mass is 10.0. The fourth-order valence-corrected chi connectivity index (χ4v) is 4.19. The number of rotatable bonds is 3. The van der Waals surface area contributed by atoms with Crippen molar-refractivity contribution < 1.29 is 13.6 Å². The first-order chi connectivity index (χ1) is 14.1. The lowest BCUT2D eigenvalue weighted by Gasteiger charge is -2.24. The number of nitrogens with zero attached hydrogens (tertiary/aromatic N) is 3. The smallest absolute Gasteiger partial charge is 0.328 e. The van der Waals surface area contributed by atoms with E-state index in [9.17, 15) is 13.6 Å². The number of halogens is 2. The molecule has 5 rings (SSSR count). The molecule has 8 heteroatoms. The molecule has 1 aliphatic carbocycles. The minimum Gasteiger partial charge on any atom is -0.345 e. The van der Waals surface area contributed by atoms with Gasteiger partial charge in [0.15, 0.2) is 0 Å². The minimum atomic E-state index is -0.732. The van der Waals surface area contributed by atoms with Crippen molar-refractivity contribution in [1.29, 1.82) is 0 Å². The van der Waals surface area contributed by atoms with Gasteiger partial charge in [-0.1, -0.05) is 12.8 Å². The number of aromatic nitrogens is 2. The van der Waals surface area contributed by atoms with Gasteiger partial charge in [-0.05, 0) is 48.7 Å². The van der Waals surface area contributed by atoms with Gasteiger partial charge in [0.05, 0.1) is 23.4 Å². The van der Waals surface area contributed by atoms with Crippen LogP contribution < -0.4 is 10.2 Å². The van der Waals surface area contributed by atoms with Crippen LogP contribution in [0.15, 0.2) is 47.7 Å². The molecule has 29 heavy (non-hydrogen) atoms. The normalized spacial score (nSPS) is 21.4. The van der Waals surface area contributed by atoms with Gasteiger partial charge in [-0.2, -0.15) is 0 Å². The highest BCUT2D eigenvalue weighted by Crippen LogP contribution is 2.35. The van der Waals surface area contributed by atoms with E-state index in [1.807, 2.05) is 6.07 Å². The van der Waals surface area contributed by atoms with Crippen LogP contribution in [0, 0.1) is 11.6 Å². The van der Waals surface area contributed by atoms with Crippen molar-refractivity contribution in [2.24, 2.45) is 4.99 Å². The molecule has 1 saturated carbocycles. The number of hydrogen-bond acceptors (Lipinski definition) is 3. The maximum absolute atomic E-state index is 14.0. The average Bonchev–Trinajstić information content (AvgIpc) is 3.40. The van der Waals surface area contributed by atoms with Gasteiger partial charge < -0.3 is 4.98 Å². The van der Waals surface area contributed by atoms with Crippen molar-refractivity contribution in [2.45, 2.75) is 37.8 Å². The third-order valence-corrected chi connectivity index (χ3v) is 5.50. The molecule has 1 atom stereocenters. The molecule has 1 aliphatic heterocycles. The summed E-state index contributed by atoms with van der Waals surface area (Å²) in [7, 11) is 0. The van der Waals surface area contributed by atoms with Crippen LogP contribution in [-0.4, -0.2) is 27.9 Å². The fourth-order valence-electron chi connectivity index (χ4n) is 4.19. The topological polar surface area (TPSA) is 73.4 Å². The molecule has 3 aromatic rings. The number of amides is 2. The van der Waals surface area contributed by atoms with Gasteiger partial charge in [0, 0.05) is 11.8 Å². The fraction of sp³-hybridized carbons (Fsp3) is 0.286. The van der Waals surface area contributed by atoms with Gasteiger partial charge in [0.25, 0.3) is 0 Å². The molecule has 148 valence electrons. The minimum absolute atomic E-state index is 0.111.